The van der Waals surface area contributed by atoms with E-state index < -0.39 is 0 Å². The number of nitrogens with zero attached hydrogens (tertiary/aromatic N) is 1. The van der Waals surface area contributed by atoms with Gasteiger partial charge in [0.05, 0.1) is 13.2 Å². The van der Waals surface area contributed by atoms with Gasteiger partial charge in [-0.1, -0.05) is 26.7 Å². The van der Waals surface area contributed by atoms with Crippen LogP contribution >= 0.6 is 0 Å². The highest BCUT2D eigenvalue weighted by molar-refractivity contribution is 5.84. The molecule has 1 heterocycles. The zero-order chi connectivity index (χ0) is 13.5. The normalized spacial score (nSPS) is 22.4. The van der Waals surface area contributed by atoms with Crippen molar-refractivity contribution in [3.8, 4) is 0 Å². The number of unbranched alkanes of at least 4 members (excludes halogenated alkanes) is 1. The van der Waals surface area contributed by atoms with E-state index in [4.69, 9.17) is 4.74 Å². The van der Waals surface area contributed by atoms with Crippen molar-refractivity contribution in [1.82, 2.24) is 10.2 Å². The molecule has 1 fully saturated rings. The number of esters is 1. The van der Waals surface area contributed by atoms with Crippen molar-refractivity contribution in [3.63, 3.8) is 0 Å². The molecule has 2 unspecified atom stereocenters. The van der Waals surface area contributed by atoms with Gasteiger partial charge in [-0.3, -0.25) is 14.5 Å². The van der Waals surface area contributed by atoms with Crippen molar-refractivity contribution >= 4 is 11.9 Å². The molecule has 0 aliphatic carbocycles. The van der Waals surface area contributed by atoms with Crippen LogP contribution in [0.1, 0.15) is 39.5 Å². The van der Waals surface area contributed by atoms with Crippen LogP contribution in [-0.4, -0.2) is 49.1 Å². The lowest BCUT2D eigenvalue weighted by Crippen LogP contribution is -2.60. The van der Waals surface area contributed by atoms with Crippen LogP contribution in [0.3, 0.4) is 0 Å². The number of ether oxygens (including phenoxy) is 1. The van der Waals surface area contributed by atoms with Crippen LogP contribution in [-0.2, 0) is 14.3 Å². The van der Waals surface area contributed by atoms with Gasteiger partial charge in [0.25, 0.3) is 0 Å². The van der Waals surface area contributed by atoms with Crippen LogP contribution in [0.2, 0.25) is 0 Å². The van der Waals surface area contributed by atoms with Crippen LogP contribution < -0.4 is 5.32 Å². The van der Waals surface area contributed by atoms with Crippen molar-refractivity contribution in [1.29, 1.82) is 0 Å². The predicted octanol–water partition coefficient (Wildman–Crippen LogP) is 0.929. The number of nitrogens with one attached hydrogen (secondary N) is 1. The fraction of sp³-hybridized carbons (Fsp3) is 0.846. The van der Waals surface area contributed by atoms with Crippen LogP contribution in [0.5, 0.6) is 0 Å². The summed E-state index contributed by atoms with van der Waals surface area (Å²) >= 11 is 0. The number of amides is 1. The van der Waals surface area contributed by atoms with E-state index in [2.05, 4.69) is 12.2 Å². The second-order valence-corrected chi connectivity index (χ2v) is 4.63. The van der Waals surface area contributed by atoms with Gasteiger partial charge < -0.3 is 10.1 Å². The van der Waals surface area contributed by atoms with E-state index in [1.807, 2.05) is 11.8 Å². The number of hydrogen-bond acceptors (Lipinski definition) is 4. The number of carbonyl (C=O) groups is 2. The molecule has 0 aromatic carbocycles. The van der Waals surface area contributed by atoms with Gasteiger partial charge in [0.1, 0.15) is 6.04 Å². The summed E-state index contributed by atoms with van der Waals surface area (Å²) < 4.78 is 4.88. The molecule has 1 rings (SSSR count). The van der Waals surface area contributed by atoms with Crippen molar-refractivity contribution in [3.05, 3.63) is 0 Å². The summed E-state index contributed by atoms with van der Waals surface area (Å²) in [6, 6.07) is -0.495. The Bertz CT molecular complexity index is 294. The Kier molecular flexibility index (Phi) is 6.12. The fourth-order valence-electron chi connectivity index (χ4n) is 2.48. The number of hydrogen-bond donors (Lipinski definition) is 1. The minimum atomic E-state index is -0.286. The first-order valence-corrected chi connectivity index (χ1v) is 6.76. The van der Waals surface area contributed by atoms with E-state index >= 15 is 0 Å². The molecular weight excluding hydrogens is 232 g/mol. The number of rotatable bonds is 6. The molecule has 1 N–H and O–H groups in total. The summed E-state index contributed by atoms with van der Waals surface area (Å²) in [5.74, 6) is -0.203. The SMILES string of the molecule is CCCCC(C(=O)OC)N1CCNC(=O)C1CC. The van der Waals surface area contributed by atoms with Gasteiger partial charge in [-0.2, -0.15) is 0 Å². The number of piperazine rings is 1. The Morgan fingerprint density at radius 3 is 2.83 bits per heavy atom. The smallest absolute Gasteiger partial charge is 0.323 e. The highest BCUT2D eigenvalue weighted by atomic mass is 16.5. The van der Waals surface area contributed by atoms with E-state index in [-0.39, 0.29) is 24.0 Å². The third-order valence-corrected chi connectivity index (χ3v) is 3.46. The van der Waals surface area contributed by atoms with Gasteiger partial charge in [-0.05, 0) is 12.8 Å². The third kappa shape index (κ3) is 3.45. The molecule has 2 atom stereocenters. The Hall–Kier alpha value is -1.10. The first-order valence-electron chi connectivity index (χ1n) is 6.76. The van der Waals surface area contributed by atoms with E-state index in [1.165, 1.54) is 7.11 Å². The molecular formula is C13H24N2O3. The second kappa shape index (κ2) is 7.36. The van der Waals surface area contributed by atoms with Gasteiger partial charge in [0.15, 0.2) is 0 Å². The molecule has 1 amide bonds. The molecule has 5 nitrogen and oxygen atoms in total. The molecule has 0 aromatic rings. The largest absolute Gasteiger partial charge is 0.468 e. The van der Waals surface area contributed by atoms with Crippen LogP contribution in [0.25, 0.3) is 0 Å². The number of methoxy groups -OCH3 is 1. The summed E-state index contributed by atoms with van der Waals surface area (Å²) in [5, 5.41) is 2.85. The zero-order valence-electron chi connectivity index (χ0n) is 11.6. The monoisotopic (exact) mass is 256 g/mol. The highest BCUT2D eigenvalue weighted by Crippen LogP contribution is 2.18. The van der Waals surface area contributed by atoms with Gasteiger partial charge >= 0.3 is 5.97 Å². The van der Waals surface area contributed by atoms with E-state index in [1.54, 1.807) is 0 Å². The number of carbonyl (C=O) groups excluding carboxylic acids is 2. The van der Waals surface area contributed by atoms with Gasteiger partial charge in [0.2, 0.25) is 5.91 Å². The molecule has 0 radical (unpaired) electrons. The van der Waals surface area contributed by atoms with E-state index in [9.17, 15) is 9.59 Å². The van der Waals surface area contributed by atoms with Crippen molar-refractivity contribution in [2.75, 3.05) is 20.2 Å². The van der Waals surface area contributed by atoms with E-state index in [0.717, 1.165) is 19.3 Å². The minimum absolute atomic E-state index is 0.0224. The standard InChI is InChI=1S/C13H24N2O3/c1-4-6-7-11(13(17)18-3)15-9-8-14-12(16)10(15)5-2/h10-11H,4-9H2,1-3H3,(H,14,16). The molecule has 18 heavy (non-hydrogen) atoms. The lowest BCUT2D eigenvalue weighted by atomic mass is 10.0. The van der Waals surface area contributed by atoms with Crippen LogP contribution in [0, 0.1) is 0 Å². The Balaban J connectivity index is 2.80. The average molecular weight is 256 g/mol. The Morgan fingerprint density at radius 2 is 2.28 bits per heavy atom. The van der Waals surface area contributed by atoms with E-state index in [0.29, 0.717) is 19.5 Å². The molecule has 1 aliphatic heterocycles. The molecule has 0 saturated carbocycles. The maximum absolute atomic E-state index is 11.9. The third-order valence-electron chi connectivity index (χ3n) is 3.46. The molecule has 0 bridgehead atoms. The Labute approximate surface area is 109 Å². The van der Waals surface area contributed by atoms with Gasteiger partial charge in [-0.15, -0.1) is 0 Å². The first-order chi connectivity index (χ1) is 8.65. The first kappa shape index (κ1) is 15.0. The van der Waals surface area contributed by atoms with Crippen molar-refractivity contribution in [2.24, 2.45) is 0 Å². The van der Waals surface area contributed by atoms with Gasteiger partial charge in [-0.25, -0.2) is 0 Å². The summed E-state index contributed by atoms with van der Waals surface area (Å²) in [6.45, 7) is 5.38. The molecule has 1 saturated heterocycles. The molecule has 1 aliphatic rings. The van der Waals surface area contributed by atoms with Crippen LogP contribution in [0.4, 0.5) is 0 Å². The predicted molar refractivity (Wildman–Crippen MR) is 69.1 cm³/mol. The lowest BCUT2D eigenvalue weighted by molar-refractivity contribution is -0.150. The second-order valence-electron chi connectivity index (χ2n) is 4.63. The van der Waals surface area contributed by atoms with Crippen molar-refractivity contribution in [2.45, 2.75) is 51.6 Å². The maximum Gasteiger partial charge on any atom is 0.323 e. The van der Waals surface area contributed by atoms with Crippen LogP contribution in [0.15, 0.2) is 0 Å². The quantitative estimate of drug-likeness (QED) is 0.718. The lowest BCUT2D eigenvalue weighted by Gasteiger charge is -2.38. The van der Waals surface area contributed by atoms with Crippen molar-refractivity contribution < 1.29 is 14.3 Å². The van der Waals surface area contributed by atoms with Gasteiger partial charge in [0, 0.05) is 13.1 Å². The fourth-order valence-corrected chi connectivity index (χ4v) is 2.48. The molecule has 0 aromatic heterocycles. The topological polar surface area (TPSA) is 58.6 Å². The summed E-state index contributed by atoms with van der Waals surface area (Å²) in [5.41, 5.74) is 0. The summed E-state index contributed by atoms with van der Waals surface area (Å²) in [7, 11) is 1.41. The molecule has 104 valence electrons. The minimum Gasteiger partial charge on any atom is -0.468 e. The Morgan fingerprint density at radius 1 is 1.56 bits per heavy atom. The summed E-state index contributed by atoms with van der Waals surface area (Å²) in [4.78, 5) is 25.7. The zero-order valence-corrected chi connectivity index (χ0v) is 11.6. The molecule has 0 spiro atoms. The average Bonchev–Trinajstić information content (AvgIpc) is 2.39. The highest BCUT2D eigenvalue weighted by Gasteiger charge is 2.36. The maximum atomic E-state index is 11.9. The summed E-state index contributed by atoms with van der Waals surface area (Å²) in [6.07, 6.45) is 3.47. The molecule has 5 heteroatoms.